The van der Waals surface area contributed by atoms with E-state index in [9.17, 15) is 44.3 Å². The molecule has 2 aliphatic heterocycles. The summed E-state index contributed by atoms with van der Waals surface area (Å²) in [6.45, 7) is 6.30. The summed E-state index contributed by atoms with van der Waals surface area (Å²) < 4.78 is 86.0. The van der Waals surface area contributed by atoms with Crippen molar-refractivity contribution in [2.75, 3.05) is 52.9 Å². The van der Waals surface area contributed by atoms with Gasteiger partial charge in [-0.2, -0.15) is 0 Å². The van der Waals surface area contributed by atoms with E-state index in [1.54, 1.807) is 27.7 Å². The average molecular weight is 1070 g/mol. The molecule has 313 valence electrons. The van der Waals surface area contributed by atoms with Gasteiger partial charge >= 0.3 is 16.5 Å². The Hall–Kier alpha value is 3.40. The molecule has 13 atom stereocenters. The zero-order valence-corrected chi connectivity index (χ0v) is 43.2. The molecule has 24 heteroatoms. The summed E-state index contributed by atoms with van der Waals surface area (Å²) in [5.41, 5.74) is -0.270. The normalized spacial score (nSPS) is 30.7. The Balaban J connectivity index is 0. The van der Waals surface area contributed by atoms with Crippen LogP contribution in [0.25, 0.3) is 0 Å². The van der Waals surface area contributed by atoms with Crippen LogP contribution in [0.5, 0.6) is 0 Å². The summed E-state index contributed by atoms with van der Waals surface area (Å²) in [6.07, 6.45) is -5.17. The molecule has 0 aromatic rings. The molecule has 0 bridgehead atoms. The minimum Gasteiger partial charge on any atom is -0.394 e. The van der Waals surface area contributed by atoms with E-state index < -0.39 is 105 Å². The molecule has 54 heavy (non-hydrogen) atoms. The Labute approximate surface area is 396 Å². The molecular formula is C30H61O18P3Y3. The molecule has 0 aliphatic carbocycles. The second-order valence-corrected chi connectivity index (χ2v) is 17.2. The number of hydrogen-bond donors (Lipinski definition) is 6. The second kappa shape index (κ2) is 34.0. The van der Waals surface area contributed by atoms with Crippen molar-refractivity contribution in [3.63, 3.8) is 0 Å². The zero-order valence-electron chi connectivity index (χ0n) is 31.6. The van der Waals surface area contributed by atoms with Gasteiger partial charge in [0, 0.05) is 129 Å². The van der Waals surface area contributed by atoms with Crippen molar-refractivity contribution < 1.29 is 184 Å². The predicted molar refractivity (Wildman–Crippen MR) is 184 cm³/mol. The third kappa shape index (κ3) is 22.5. The zero-order chi connectivity index (χ0) is 37.9. The van der Waals surface area contributed by atoms with Gasteiger partial charge in [-0.3, -0.25) is 13.7 Å². The van der Waals surface area contributed by atoms with Crippen molar-refractivity contribution in [3.05, 3.63) is 0 Å². The molecule has 0 saturated carbocycles. The molecule has 18 nitrogen and oxygen atoms in total. The van der Waals surface area contributed by atoms with Crippen molar-refractivity contribution in [1.82, 2.24) is 0 Å². The summed E-state index contributed by atoms with van der Waals surface area (Å²) in [5.74, 6) is -0.958. The van der Waals surface area contributed by atoms with Crippen molar-refractivity contribution in [2.45, 2.75) is 127 Å². The molecule has 2 heterocycles. The van der Waals surface area contributed by atoms with Gasteiger partial charge in [-0.15, -0.1) is 0 Å². The summed E-state index contributed by atoms with van der Waals surface area (Å²) in [5, 5.41) is 58.7. The van der Waals surface area contributed by atoms with Gasteiger partial charge in [0.15, 0.2) is 20.6 Å². The van der Waals surface area contributed by atoms with E-state index in [2.05, 4.69) is 0 Å². The Morgan fingerprint density at radius 2 is 0.944 bits per heavy atom. The first-order valence-corrected chi connectivity index (χ1v) is 21.4. The number of hydrogen-bond acceptors (Lipinski definition) is 18. The molecule has 0 amide bonds. The molecule has 6 N–H and O–H groups in total. The minimum absolute atomic E-state index is 0. The second-order valence-electron chi connectivity index (χ2n) is 13.0. The first-order valence-electron chi connectivity index (χ1n) is 17.6. The van der Waals surface area contributed by atoms with Crippen LogP contribution in [0, 0.1) is 11.8 Å². The fraction of sp³-hybridized carbons (Fsp3) is 1.00. The van der Waals surface area contributed by atoms with Crippen molar-refractivity contribution in [1.29, 1.82) is 0 Å². The molecule has 2 saturated heterocycles. The first kappa shape index (κ1) is 59.5. The van der Waals surface area contributed by atoms with E-state index in [0.29, 0.717) is 51.7 Å². The monoisotopic (exact) mass is 1070 g/mol. The fourth-order valence-electron chi connectivity index (χ4n) is 5.12. The molecule has 2 rings (SSSR count). The van der Waals surface area contributed by atoms with Crippen molar-refractivity contribution in [2.24, 2.45) is 11.8 Å². The summed E-state index contributed by atoms with van der Waals surface area (Å²) in [4.78, 5) is 0. The first-order chi connectivity index (χ1) is 24.3. The van der Waals surface area contributed by atoms with Gasteiger partial charge < -0.3 is 72.2 Å². The van der Waals surface area contributed by atoms with Crippen LogP contribution in [0.1, 0.15) is 66.2 Å². The smallest absolute Gasteiger partial charge is 0.319 e. The largest absolute Gasteiger partial charge is 0.394 e. The maximum absolute atomic E-state index is 12.3. The molecule has 0 aromatic heterocycles. The van der Waals surface area contributed by atoms with Gasteiger partial charge in [0.1, 0.15) is 30.5 Å². The Morgan fingerprint density at radius 1 is 0.574 bits per heavy atom. The van der Waals surface area contributed by atoms with Gasteiger partial charge in [-0.25, -0.2) is 0 Å². The van der Waals surface area contributed by atoms with Gasteiger partial charge in [0.2, 0.25) is 0 Å². The third-order valence-corrected chi connectivity index (χ3v) is 11.7. The van der Waals surface area contributed by atoms with Crippen LogP contribution in [0.15, 0.2) is 0 Å². The third-order valence-electron chi connectivity index (χ3n) is 8.49. The van der Waals surface area contributed by atoms with E-state index in [1.165, 1.54) is 0 Å². The van der Waals surface area contributed by atoms with Crippen molar-refractivity contribution >= 4 is 24.5 Å². The Bertz CT molecular complexity index is 960. The van der Waals surface area contributed by atoms with Crippen LogP contribution >= 0.6 is 24.5 Å². The maximum Gasteiger partial charge on any atom is 0.319 e. The topological polar surface area (TPSA) is 256 Å². The number of rotatable bonds is 27. The van der Waals surface area contributed by atoms with Crippen LogP contribution < -0.4 is 0 Å². The van der Waals surface area contributed by atoms with E-state index >= 15 is 0 Å². The van der Waals surface area contributed by atoms with Crippen LogP contribution in [0.2, 0.25) is 0 Å². The van der Waals surface area contributed by atoms with E-state index in [1.807, 2.05) is 0 Å². The standard InChI is InChI=1S/C30H61O18P3.3Y/c1-19(2)49(37)48-22(17-44-50(38)42-13-9-5-7-11-40-29-20(3)25(33)27(35)23(15-31)46-29)18-45-51(39)43-14-10-6-8-12-41-30-21(4)26(34)28(36)24(16-32)47-30;;;/h19-36,49-51H,5-18H2,1-4H3;;;. The SMILES string of the molecule is CC1C(OCCCCCO[PH](=O)OCC(CO[PH](=O)OCCCCCOC2OC(CO)C(O)C(O)C2C)O[PH](=O)C(C)C)OC(CO)C(O)C1O.[Y].[Y].[Y]. The Morgan fingerprint density at radius 3 is 1.30 bits per heavy atom. The van der Waals surface area contributed by atoms with Crippen LogP contribution in [-0.2, 0) is 153 Å². The average Bonchev–Trinajstić information content (AvgIpc) is 3.11. The maximum atomic E-state index is 12.3. The van der Waals surface area contributed by atoms with Crippen molar-refractivity contribution in [3.8, 4) is 0 Å². The van der Waals surface area contributed by atoms with E-state index in [4.69, 9.17) is 41.6 Å². The quantitative estimate of drug-likeness (QED) is 0.0505. The predicted octanol–water partition coefficient (Wildman–Crippen LogP) is 1.62. The molecular weight excluding hydrogens is 1010 g/mol. The van der Waals surface area contributed by atoms with Gasteiger partial charge in [0.25, 0.3) is 0 Å². The van der Waals surface area contributed by atoms with Crippen LogP contribution in [0.3, 0.4) is 0 Å². The molecule has 13 unspecified atom stereocenters. The summed E-state index contributed by atoms with van der Waals surface area (Å²) >= 11 is 0. The number of ether oxygens (including phenoxy) is 4. The van der Waals surface area contributed by atoms with Gasteiger partial charge in [-0.05, 0) is 38.5 Å². The minimum atomic E-state index is -2.92. The van der Waals surface area contributed by atoms with Gasteiger partial charge in [0.05, 0.1) is 51.8 Å². The molecule has 0 spiro atoms. The number of aliphatic hydroxyl groups is 6. The van der Waals surface area contributed by atoms with E-state index in [-0.39, 0.29) is 130 Å². The molecule has 2 fully saturated rings. The number of aliphatic hydroxyl groups excluding tert-OH is 6. The summed E-state index contributed by atoms with van der Waals surface area (Å²) in [7, 11) is -8.32. The van der Waals surface area contributed by atoms with Gasteiger partial charge in [-0.1, -0.05) is 27.7 Å². The number of unbranched alkanes of at least 4 members (excludes halogenated alkanes) is 4. The molecule has 0 aromatic carbocycles. The summed E-state index contributed by atoms with van der Waals surface area (Å²) in [6, 6.07) is 0. The van der Waals surface area contributed by atoms with Crippen LogP contribution in [0.4, 0.5) is 0 Å². The Kier molecular flexibility index (Phi) is 37.4. The molecule has 3 radical (unpaired) electrons. The van der Waals surface area contributed by atoms with E-state index in [0.717, 1.165) is 0 Å². The molecule has 2 aliphatic rings. The van der Waals surface area contributed by atoms with Crippen LogP contribution in [-0.4, -0.2) is 144 Å². The fourth-order valence-corrected chi connectivity index (χ4v) is 7.28.